The maximum absolute atomic E-state index is 12.9. The smallest absolute Gasteiger partial charge is 0.343 e. The van der Waals surface area contributed by atoms with Crippen molar-refractivity contribution in [2.45, 2.75) is 33.2 Å². The van der Waals surface area contributed by atoms with Crippen molar-refractivity contribution in [1.29, 1.82) is 0 Å². The zero-order valence-electron chi connectivity index (χ0n) is 24.9. The van der Waals surface area contributed by atoms with Crippen LogP contribution in [0, 0.1) is 13.8 Å². The van der Waals surface area contributed by atoms with Gasteiger partial charge in [-0.3, -0.25) is 0 Å². The van der Waals surface area contributed by atoms with Crippen LogP contribution >= 0.6 is 0 Å². The van der Waals surface area contributed by atoms with Crippen molar-refractivity contribution in [2.24, 2.45) is 0 Å². The second-order valence-corrected chi connectivity index (χ2v) is 9.96. The van der Waals surface area contributed by atoms with Crippen LogP contribution in [0.1, 0.15) is 50.2 Å². The van der Waals surface area contributed by atoms with Crippen molar-refractivity contribution in [2.75, 3.05) is 13.2 Å². The summed E-state index contributed by atoms with van der Waals surface area (Å²) in [6.07, 6.45) is 9.99. The first-order valence-corrected chi connectivity index (χ1v) is 14.1. The molecule has 0 aliphatic rings. The molecular weight excluding hydrogens is 560 g/mol. The van der Waals surface area contributed by atoms with E-state index in [1.54, 1.807) is 68.6 Å². The maximum atomic E-state index is 12.9. The van der Waals surface area contributed by atoms with Crippen molar-refractivity contribution in [3.05, 3.63) is 126 Å². The number of carbonyl (C=O) groups excluding carboxylic acids is 3. The van der Waals surface area contributed by atoms with Gasteiger partial charge in [-0.05, 0) is 91.9 Å². The molecule has 0 fully saturated rings. The molecule has 0 unspecified atom stereocenters. The van der Waals surface area contributed by atoms with Crippen LogP contribution in [0.3, 0.4) is 0 Å². The first-order chi connectivity index (χ1) is 21.3. The number of aromatic nitrogens is 2. The zero-order valence-corrected chi connectivity index (χ0v) is 24.9. The molecule has 3 aromatic carbocycles. The summed E-state index contributed by atoms with van der Waals surface area (Å²) in [7, 11) is 0. The second-order valence-electron chi connectivity index (χ2n) is 9.96. The van der Waals surface area contributed by atoms with Gasteiger partial charge in [0, 0.05) is 6.08 Å². The van der Waals surface area contributed by atoms with E-state index < -0.39 is 17.9 Å². The molecule has 0 bridgehead atoms. The Bertz CT molecular complexity index is 1640. The zero-order chi connectivity index (χ0) is 31.5. The van der Waals surface area contributed by atoms with E-state index in [1.807, 2.05) is 40.0 Å². The monoisotopic (exact) mass is 595 g/mol. The molecule has 0 amide bonds. The Morgan fingerprint density at radius 3 is 1.91 bits per heavy atom. The lowest BCUT2D eigenvalue weighted by Gasteiger charge is -2.14. The first-order valence-electron chi connectivity index (χ1n) is 14.1. The number of carbonyl (C=O) groups is 3. The fourth-order valence-electron chi connectivity index (χ4n) is 4.19. The summed E-state index contributed by atoms with van der Waals surface area (Å²) in [4.78, 5) is 36.7. The predicted octanol–water partition coefficient (Wildman–Crippen LogP) is 5.87. The highest BCUT2D eigenvalue weighted by molar-refractivity contribution is 5.92. The Kier molecular flexibility index (Phi) is 10.8. The number of ether oxygens (including phenoxy) is 4. The van der Waals surface area contributed by atoms with Crippen LogP contribution in [-0.4, -0.2) is 35.7 Å². The van der Waals surface area contributed by atoms with Gasteiger partial charge in [0.05, 0.1) is 30.5 Å². The molecule has 0 atom stereocenters. The molecule has 9 nitrogen and oxygen atoms in total. The number of benzene rings is 3. The lowest BCUT2D eigenvalue weighted by Crippen LogP contribution is -2.31. The maximum Gasteiger partial charge on any atom is 0.343 e. The SMILES string of the molecule is C=CC(=O)OCCCCOc1ccc(C(=O)Oc2ccc(OC(=O)c3ccc(C[n+]4ccn(C=C)c4)cc3)c(C)c2C)cc1. The highest BCUT2D eigenvalue weighted by atomic mass is 16.5. The minimum atomic E-state index is -0.521. The quantitative estimate of drug-likeness (QED) is 0.0592. The highest BCUT2D eigenvalue weighted by Crippen LogP contribution is 2.30. The van der Waals surface area contributed by atoms with E-state index in [1.165, 1.54) is 0 Å². The number of nitrogens with zero attached hydrogens (tertiary/aromatic N) is 2. The summed E-state index contributed by atoms with van der Waals surface area (Å²) in [5.41, 5.74) is 3.19. The predicted molar refractivity (Wildman–Crippen MR) is 165 cm³/mol. The van der Waals surface area contributed by atoms with Gasteiger partial charge < -0.3 is 18.9 Å². The van der Waals surface area contributed by atoms with Crippen molar-refractivity contribution in [3.8, 4) is 17.2 Å². The summed E-state index contributed by atoms with van der Waals surface area (Å²) >= 11 is 0. The number of imidazole rings is 1. The van der Waals surface area contributed by atoms with Crippen LogP contribution in [0.5, 0.6) is 17.2 Å². The van der Waals surface area contributed by atoms with E-state index in [0.29, 0.717) is 72.1 Å². The second kappa shape index (κ2) is 15.2. The van der Waals surface area contributed by atoms with Gasteiger partial charge in [0.2, 0.25) is 6.33 Å². The summed E-state index contributed by atoms with van der Waals surface area (Å²) in [5, 5.41) is 0. The number of rotatable bonds is 14. The minimum Gasteiger partial charge on any atom is -0.494 e. The number of hydrogen-bond acceptors (Lipinski definition) is 7. The topological polar surface area (TPSA) is 96.9 Å². The fourth-order valence-corrected chi connectivity index (χ4v) is 4.19. The lowest BCUT2D eigenvalue weighted by atomic mass is 10.1. The summed E-state index contributed by atoms with van der Waals surface area (Å²) in [6, 6.07) is 17.1. The van der Waals surface area contributed by atoms with Gasteiger partial charge in [-0.15, -0.1) is 0 Å². The van der Waals surface area contributed by atoms with E-state index in [0.717, 1.165) is 11.6 Å². The lowest BCUT2D eigenvalue weighted by molar-refractivity contribution is -0.687. The van der Waals surface area contributed by atoms with Gasteiger partial charge in [-0.2, -0.15) is 0 Å². The van der Waals surface area contributed by atoms with E-state index >= 15 is 0 Å². The van der Waals surface area contributed by atoms with E-state index in [2.05, 4.69) is 13.2 Å². The van der Waals surface area contributed by atoms with Gasteiger partial charge in [-0.25, -0.2) is 23.5 Å². The van der Waals surface area contributed by atoms with Gasteiger partial charge in [-0.1, -0.05) is 25.3 Å². The number of esters is 3. The average Bonchev–Trinajstić information content (AvgIpc) is 3.50. The van der Waals surface area contributed by atoms with Crippen molar-refractivity contribution >= 4 is 24.1 Å². The molecule has 0 saturated carbocycles. The van der Waals surface area contributed by atoms with Crippen molar-refractivity contribution in [3.63, 3.8) is 0 Å². The van der Waals surface area contributed by atoms with Crippen LogP contribution in [0.25, 0.3) is 6.20 Å². The van der Waals surface area contributed by atoms with Gasteiger partial charge in [0.1, 0.15) is 36.2 Å². The first kappa shape index (κ1) is 31.5. The van der Waals surface area contributed by atoms with Crippen molar-refractivity contribution < 1.29 is 37.9 Å². The number of hydrogen-bond donors (Lipinski definition) is 0. The Labute approximate surface area is 256 Å². The molecule has 1 aromatic heterocycles. The molecule has 0 radical (unpaired) electrons. The third-order valence-electron chi connectivity index (χ3n) is 6.88. The number of unbranched alkanes of at least 4 members (excludes halogenated alkanes) is 1. The Balaban J connectivity index is 1.28. The van der Waals surface area contributed by atoms with Crippen LogP contribution in [-0.2, 0) is 16.1 Å². The third-order valence-corrected chi connectivity index (χ3v) is 6.88. The molecule has 9 heteroatoms. The summed E-state index contributed by atoms with van der Waals surface area (Å²) in [5.74, 6) is -0.0724. The average molecular weight is 596 g/mol. The molecule has 0 spiro atoms. The van der Waals surface area contributed by atoms with Crippen LogP contribution in [0.2, 0.25) is 0 Å². The molecule has 4 aromatic rings. The molecule has 1 heterocycles. The molecule has 0 N–H and O–H groups in total. The molecule has 226 valence electrons. The molecule has 44 heavy (non-hydrogen) atoms. The standard InChI is InChI=1S/C35H35N2O7/c1-5-33(38)42-22-8-7-21-41-30-15-13-29(14-16-30)35(40)44-32-18-17-31(25(3)26(32)4)43-34(39)28-11-9-27(10-12-28)23-37-20-19-36(6-2)24-37/h5-6,9-20,24H,1-2,7-8,21-23H2,3-4H3/q+1. The Hall–Kier alpha value is -5.44. The summed E-state index contributed by atoms with van der Waals surface area (Å²) < 4.78 is 25.8. The van der Waals surface area contributed by atoms with Gasteiger partial charge in [0.25, 0.3) is 0 Å². The van der Waals surface area contributed by atoms with Crippen LogP contribution < -0.4 is 18.8 Å². The molecule has 0 saturated heterocycles. The van der Waals surface area contributed by atoms with Crippen LogP contribution in [0.4, 0.5) is 0 Å². The highest BCUT2D eigenvalue weighted by Gasteiger charge is 2.17. The van der Waals surface area contributed by atoms with Crippen molar-refractivity contribution in [1.82, 2.24) is 4.57 Å². The largest absolute Gasteiger partial charge is 0.494 e. The van der Waals surface area contributed by atoms with Crippen LogP contribution in [0.15, 0.2) is 98.6 Å². The van der Waals surface area contributed by atoms with E-state index in [-0.39, 0.29) is 0 Å². The van der Waals surface area contributed by atoms with E-state index in [4.69, 9.17) is 18.9 Å². The van der Waals surface area contributed by atoms with Gasteiger partial charge >= 0.3 is 17.9 Å². The normalized spacial score (nSPS) is 10.5. The Morgan fingerprint density at radius 2 is 1.36 bits per heavy atom. The molecule has 0 aliphatic carbocycles. The summed E-state index contributed by atoms with van der Waals surface area (Å²) in [6.45, 7) is 12.1. The minimum absolute atomic E-state index is 0.307. The van der Waals surface area contributed by atoms with E-state index in [9.17, 15) is 14.4 Å². The Morgan fingerprint density at radius 1 is 0.795 bits per heavy atom. The molecule has 4 rings (SSSR count). The fraction of sp³-hybridized carbons (Fsp3) is 0.200. The molecule has 0 aliphatic heterocycles. The molecular formula is C35H35N2O7+. The van der Waals surface area contributed by atoms with Gasteiger partial charge in [0.15, 0.2) is 0 Å². The third kappa shape index (κ3) is 8.54.